The Morgan fingerprint density at radius 2 is 2.00 bits per heavy atom. The number of aromatic nitrogens is 1. The summed E-state index contributed by atoms with van der Waals surface area (Å²) in [5.41, 5.74) is -0.0659. The molecule has 1 atom stereocenters. The number of nitrogens with zero attached hydrogens (tertiary/aromatic N) is 2. The van der Waals surface area contributed by atoms with E-state index in [1.165, 1.54) is 14.2 Å². The molecule has 0 radical (unpaired) electrons. The molecule has 1 amide bonds. The molecule has 1 N–H and O–H groups in total. The maximum Gasteiger partial charge on any atom is 0.285 e. The summed E-state index contributed by atoms with van der Waals surface area (Å²) in [4.78, 5) is 34.2. The highest BCUT2D eigenvalue weighted by Crippen LogP contribution is 2.29. The zero-order valence-corrected chi connectivity index (χ0v) is 14.6. The molecular weight excluding hydrogens is 342 g/mol. The van der Waals surface area contributed by atoms with Gasteiger partial charge in [0.25, 0.3) is 11.2 Å². The van der Waals surface area contributed by atoms with Gasteiger partial charge in [0.05, 0.1) is 31.4 Å². The highest BCUT2D eigenvalue weighted by molar-refractivity contribution is 5.76. The molecule has 1 aromatic carbocycles. The lowest BCUT2D eigenvalue weighted by Gasteiger charge is -2.18. The number of hydrogen-bond donors (Lipinski definition) is 1. The van der Waals surface area contributed by atoms with E-state index >= 15 is 0 Å². The van der Waals surface area contributed by atoms with Gasteiger partial charge in [-0.05, 0) is 25.1 Å². The van der Waals surface area contributed by atoms with Gasteiger partial charge in [0.2, 0.25) is 5.91 Å². The molecule has 0 fully saturated rings. The van der Waals surface area contributed by atoms with Crippen molar-refractivity contribution in [2.24, 2.45) is 0 Å². The number of carbonyl (C=O) groups is 1. The number of carbonyl (C=O) groups excluding carboxylic acids is 1. The van der Waals surface area contributed by atoms with Crippen LogP contribution in [0.3, 0.4) is 0 Å². The van der Waals surface area contributed by atoms with Gasteiger partial charge in [0, 0.05) is 17.7 Å². The van der Waals surface area contributed by atoms with Crippen LogP contribution in [0, 0.1) is 10.1 Å². The van der Waals surface area contributed by atoms with Crippen molar-refractivity contribution in [1.29, 1.82) is 0 Å². The lowest BCUT2D eigenvalue weighted by molar-refractivity contribution is -0.385. The molecule has 1 aromatic heterocycles. The van der Waals surface area contributed by atoms with Gasteiger partial charge >= 0.3 is 0 Å². The number of pyridine rings is 1. The summed E-state index contributed by atoms with van der Waals surface area (Å²) in [6, 6.07) is 6.92. The number of methoxy groups -OCH3 is 2. The Balaban J connectivity index is 2.17. The molecule has 0 aliphatic heterocycles. The van der Waals surface area contributed by atoms with Crippen molar-refractivity contribution < 1.29 is 19.2 Å². The van der Waals surface area contributed by atoms with E-state index in [1.807, 2.05) is 0 Å². The van der Waals surface area contributed by atoms with E-state index in [0.717, 1.165) is 22.9 Å². The monoisotopic (exact) mass is 361 g/mol. The van der Waals surface area contributed by atoms with Crippen LogP contribution < -0.4 is 20.3 Å². The molecule has 138 valence electrons. The van der Waals surface area contributed by atoms with Crippen LogP contribution in [0.25, 0.3) is 0 Å². The fourth-order valence-corrected chi connectivity index (χ4v) is 2.45. The number of rotatable bonds is 7. The Hall–Kier alpha value is -3.36. The first-order valence-corrected chi connectivity index (χ1v) is 7.72. The second-order valence-electron chi connectivity index (χ2n) is 5.51. The van der Waals surface area contributed by atoms with Crippen molar-refractivity contribution in [3.63, 3.8) is 0 Å². The van der Waals surface area contributed by atoms with Gasteiger partial charge in [-0.15, -0.1) is 0 Å². The van der Waals surface area contributed by atoms with E-state index in [9.17, 15) is 19.7 Å². The summed E-state index contributed by atoms with van der Waals surface area (Å²) in [5, 5.41) is 13.6. The molecule has 0 saturated carbocycles. The Kier molecular flexibility index (Phi) is 5.94. The Bertz CT molecular complexity index is 877. The molecule has 1 heterocycles. The Morgan fingerprint density at radius 1 is 1.27 bits per heavy atom. The van der Waals surface area contributed by atoms with E-state index in [0.29, 0.717) is 17.1 Å². The number of hydrogen-bond acceptors (Lipinski definition) is 6. The normalized spacial score (nSPS) is 11.5. The number of amides is 1. The van der Waals surface area contributed by atoms with Crippen LogP contribution in [0.4, 0.5) is 5.69 Å². The molecule has 1 unspecified atom stereocenters. The second-order valence-corrected chi connectivity index (χ2v) is 5.51. The van der Waals surface area contributed by atoms with Gasteiger partial charge in [-0.2, -0.15) is 0 Å². The third-order valence-corrected chi connectivity index (χ3v) is 3.77. The first-order chi connectivity index (χ1) is 12.3. The van der Waals surface area contributed by atoms with Crippen molar-refractivity contribution in [2.75, 3.05) is 14.2 Å². The van der Waals surface area contributed by atoms with Crippen LogP contribution in [-0.4, -0.2) is 29.6 Å². The minimum Gasteiger partial charge on any atom is -0.497 e. The van der Waals surface area contributed by atoms with Crippen molar-refractivity contribution >= 4 is 11.6 Å². The number of benzene rings is 1. The quantitative estimate of drug-likeness (QED) is 0.593. The third-order valence-electron chi connectivity index (χ3n) is 3.77. The van der Waals surface area contributed by atoms with Crippen molar-refractivity contribution in [2.45, 2.75) is 19.5 Å². The Morgan fingerprint density at radius 3 is 2.62 bits per heavy atom. The predicted octanol–water partition coefficient (Wildman–Crippen LogP) is 1.65. The summed E-state index contributed by atoms with van der Waals surface area (Å²) >= 11 is 0. The minimum absolute atomic E-state index is 0.264. The zero-order chi connectivity index (χ0) is 19.3. The molecule has 9 nitrogen and oxygen atoms in total. The minimum atomic E-state index is -0.627. The van der Waals surface area contributed by atoms with Crippen molar-refractivity contribution in [1.82, 2.24) is 9.88 Å². The van der Waals surface area contributed by atoms with Gasteiger partial charge in [0.15, 0.2) is 0 Å². The molecule has 0 spiro atoms. The fourth-order valence-electron chi connectivity index (χ4n) is 2.45. The van der Waals surface area contributed by atoms with E-state index in [-0.39, 0.29) is 12.2 Å². The average Bonchev–Trinajstić information content (AvgIpc) is 2.62. The number of ether oxygens (including phenoxy) is 2. The highest BCUT2D eigenvalue weighted by Gasteiger charge is 2.17. The topological polar surface area (TPSA) is 113 Å². The third kappa shape index (κ3) is 4.38. The van der Waals surface area contributed by atoms with Crippen LogP contribution in [0.15, 0.2) is 41.3 Å². The molecule has 2 aromatic rings. The predicted molar refractivity (Wildman–Crippen MR) is 93.5 cm³/mol. The number of nitro groups is 1. The molecule has 0 aliphatic rings. The Labute approximate surface area is 149 Å². The standard InChI is InChI=1S/C17H19N3O6/c1-11(14-8-13(25-2)5-6-15(14)26-3)18-16(21)10-19-9-12(20(23)24)4-7-17(19)22/h4-9,11H,10H2,1-3H3,(H,18,21). The van der Waals surface area contributed by atoms with E-state index in [4.69, 9.17) is 9.47 Å². The molecule has 0 bridgehead atoms. The fraction of sp³-hybridized carbons (Fsp3) is 0.294. The summed E-state index contributed by atoms with van der Waals surface area (Å²) < 4.78 is 11.5. The maximum absolute atomic E-state index is 12.3. The zero-order valence-electron chi connectivity index (χ0n) is 14.6. The summed E-state index contributed by atoms with van der Waals surface area (Å²) in [5.74, 6) is 0.716. The SMILES string of the molecule is COc1ccc(OC)c(C(C)NC(=O)Cn2cc([N+](=O)[O-])ccc2=O)c1. The van der Waals surface area contributed by atoms with E-state index in [1.54, 1.807) is 25.1 Å². The van der Waals surface area contributed by atoms with Crippen molar-refractivity contribution in [3.8, 4) is 11.5 Å². The second kappa shape index (κ2) is 8.15. The molecular formula is C17H19N3O6. The molecule has 9 heteroatoms. The largest absolute Gasteiger partial charge is 0.497 e. The van der Waals surface area contributed by atoms with Crippen LogP contribution in [0.5, 0.6) is 11.5 Å². The van der Waals surface area contributed by atoms with Crippen LogP contribution in [-0.2, 0) is 11.3 Å². The maximum atomic E-state index is 12.3. The lowest BCUT2D eigenvalue weighted by atomic mass is 10.1. The summed E-state index contributed by atoms with van der Waals surface area (Å²) in [7, 11) is 3.05. The van der Waals surface area contributed by atoms with Gasteiger partial charge in [-0.25, -0.2) is 0 Å². The average molecular weight is 361 g/mol. The highest BCUT2D eigenvalue weighted by atomic mass is 16.6. The van der Waals surface area contributed by atoms with Gasteiger partial charge in [-0.1, -0.05) is 0 Å². The first kappa shape index (κ1) is 19.0. The van der Waals surface area contributed by atoms with Gasteiger partial charge < -0.3 is 14.8 Å². The first-order valence-electron chi connectivity index (χ1n) is 7.72. The lowest BCUT2D eigenvalue weighted by Crippen LogP contribution is -2.33. The molecule has 26 heavy (non-hydrogen) atoms. The molecule has 0 saturated heterocycles. The van der Waals surface area contributed by atoms with Crippen LogP contribution in [0.1, 0.15) is 18.5 Å². The molecule has 2 rings (SSSR count). The summed E-state index contributed by atoms with van der Waals surface area (Å²) in [6.45, 7) is 1.42. The van der Waals surface area contributed by atoms with Gasteiger partial charge in [0.1, 0.15) is 18.0 Å². The van der Waals surface area contributed by atoms with Crippen molar-refractivity contribution in [3.05, 3.63) is 62.6 Å². The van der Waals surface area contributed by atoms with Crippen LogP contribution >= 0.6 is 0 Å². The number of nitrogens with one attached hydrogen (secondary N) is 1. The molecule has 0 aliphatic carbocycles. The van der Waals surface area contributed by atoms with E-state index < -0.39 is 22.4 Å². The summed E-state index contributed by atoms with van der Waals surface area (Å²) in [6.07, 6.45) is 1.04. The van der Waals surface area contributed by atoms with E-state index in [2.05, 4.69) is 5.32 Å². The van der Waals surface area contributed by atoms with Crippen LogP contribution in [0.2, 0.25) is 0 Å². The smallest absolute Gasteiger partial charge is 0.285 e. The van der Waals surface area contributed by atoms with Gasteiger partial charge in [-0.3, -0.25) is 24.3 Å².